The molecule has 0 radical (unpaired) electrons. The van der Waals surface area contributed by atoms with Crippen molar-refractivity contribution in [1.29, 1.82) is 0 Å². The highest BCUT2D eigenvalue weighted by Crippen LogP contribution is 2.14. The van der Waals surface area contributed by atoms with Crippen LogP contribution in [0.4, 0.5) is 0 Å². The van der Waals surface area contributed by atoms with Gasteiger partial charge >= 0.3 is 0 Å². The second kappa shape index (κ2) is 4.49. The molecule has 0 aromatic carbocycles. The molecule has 0 saturated carbocycles. The molecule has 1 heterocycles. The number of hydrogen-bond acceptors (Lipinski definition) is 3. The number of nitrogens with zero attached hydrogens (tertiary/aromatic N) is 2. The number of carbonyl (C=O) groups excluding carboxylic acids is 1. The standard InChI is InChI=1S/C11H22N2O2/c1-5-12-6-7-13(8-9(12)2)10(14)11(3,4)15/h9,15H,5-8H2,1-4H3. The molecular weight excluding hydrogens is 192 g/mol. The first-order valence-corrected chi connectivity index (χ1v) is 5.62. The van der Waals surface area contributed by atoms with E-state index in [2.05, 4.69) is 18.7 Å². The van der Waals surface area contributed by atoms with Crippen molar-refractivity contribution in [2.45, 2.75) is 39.3 Å². The van der Waals surface area contributed by atoms with Crippen molar-refractivity contribution in [2.75, 3.05) is 26.2 Å². The lowest BCUT2D eigenvalue weighted by molar-refractivity contribution is -0.150. The first-order chi connectivity index (χ1) is 6.86. The van der Waals surface area contributed by atoms with Gasteiger partial charge in [-0.25, -0.2) is 0 Å². The molecule has 4 nitrogen and oxygen atoms in total. The Morgan fingerprint density at radius 1 is 1.47 bits per heavy atom. The normalized spacial score (nSPS) is 24.3. The van der Waals surface area contributed by atoms with E-state index in [4.69, 9.17) is 0 Å². The van der Waals surface area contributed by atoms with Crippen LogP contribution in [0.5, 0.6) is 0 Å². The molecule has 1 N–H and O–H groups in total. The van der Waals surface area contributed by atoms with E-state index in [1.165, 1.54) is 0 Å². The molecule has 88 valence electrons. The van der Waals surface area contributed by atoms with Gasteiger partial charge in [-0.3, -0.25) is 9.69 Å². The highest BCUT2D eigenvalue weighted by Gasteiger charge is 2.33. The first-order valence-electron chi connectivity index (χ1n) is 5.62. The number of rotatable bonds is 2. The lowest BCUT2D eigenvalue weighted by atomic mass is 10.1. The summed E-state index contributed by atoms with van der Waals surface area (Å²) in [5.74, 6) is -0.162. The summed E-state index contributed by atoms with van der Waals surface area (Å²) in [6.45, 7) is 10.7. The van der Waals surface area contributed by atoms with Crippen LogP contribution in [0.3, 0.4) is 0 Å². The van der Waals surface area contributed by atoms with Gasteiger partial charge in [0.25, 0.3) is 5.91 Å². The van der Waals surface area contributed by atoms with Crippen LogP contribution in [0.1, 0.15) is 27.7 Å². The number of hydrogen-bond donors (Lipinski definition) is 1. The highest BCUT2D eigenvalue weighted by molar-refractivity contribution is 5.84. The minimum absolute atomic E-state index is 0.162. The van der Waals surface area contributed by atoms with Gasteiger partial charge < -0.3 is 10.0 Å². The molecule has 4 heteroatoms. The highest BCUT2D eigenvalue weighted by atomic mass is 16.3. The maximum absolute atomic E-state index is 11.8. The second-order valence-electron chi connectivity index (χ2n) is 4.79. The Kier molecular flexibility index (Phi) is 3.73. The molecule has 1 amide bonds. The number of aliphatic hydroxyl groups is 1. The number of piperazine rings is 1. The molecule has 0 aromatic rings. The third-order valence-electron chi connectivity index (χ3n) is 2.98. The van der Waals surface area contributed by atoms with Crippen LogP contribution < -0.4 is 0 Å². The summed E-state index contributed by atoms with van der Waals surface area (Å²) in [6.07, 6.45) is 0. The smallest absolute Gasteiger partial charge is 0.254 e. The number of carbonyl (C=O) groups is 1. The molecule has 1 aliphatic rings. The molecule has 0 bridgehead atoms. The fraction of sp³-hybridized carbons (Fsp3) is 0.909. The van der Waals surface area contributed by atoms with Gasteiger partial charge in [0, 0.05) is 25.7 Å². The summed E-state index contributed by atoms with van der Waals surface area (Å²) in [4.78, 5) is 15.9. The van der Waals surface area contributed by atoms with Crippen molar-refractivity contribution < 1.29 is 9.90 Å². The lowest BCUT2D eigenvalue weighted by Crippen LogP contribution is -2.57. The Balaban J connectivity index is 2.58. The molecular formula is C11H22N2O2. The Bertz CT molecular complexity index is 235. The first kappa shape index (κ1) is 12.5. The van der Waals surface area contributed by atoms with Crippen molar-refractivity contribution in [3.8, 4) is 0 Å². The SMILES string of the molecule is CCN1CCN(C(=O)C(C)(C)O)CC1C. The lowest BCUT2D eigenvalue weighted by Gasteiger charge is -2.41. The van der Waals surface area contributed by atoms with E-state index in [1.807, 2.05) is 0 Å². The maximum atomic E-state index is 11.8. The Morgan fingerprint density at radius 2 is 2.07 bits per heavy atom. The summed E-state index contributed by atoms with van der Waals surface area (Å²) in [6, 6.07) is 0.384. The summed E-state index contributed by atoms with van der Waals surface area (Å²) >= 11 is 0. The minimum atomic E-state index is -1.24. The quantitative estimate of drug-likeness (QED) is 0.719. The molecule has 1 aliphatic heterocycles. The Labute approximate surface area is 91.9 Å². The van der Waals surface area contributed by atoms with E-state index in [0.29, 0.717) is 6.04 Å². The molecule has 1 rings (SSSR count). The molecule has 1 fully saturated rings. The number of amides is 1. The zero-order chi connectivity index (χ0) is 11.6. The third kappa shape index (κ3) is 2.92. The molecule has 0 aromatic heterocycles. The molecule has 0 aliphatic carbocycles. The van der Waals surface area contributed by atoms with Crippen molar-refractivity contribution in [1.82, 2.24) is 9.80 Å². The second-order valence-corrected chi connectivity index (χ2v) is 4.79. The van der Waals surface area contributed by atoms with Crippen LogP contribution >= 0.6 is 0 Å². The van der Waals surface area contributed by atoms with Gasteiger partial charge in [0.1, 0.15) is 5.60 Å². The molecule has 0 spiro atoms. The van der Waals surface area contributed by atoms with Crippen LogP contribution in [-0.4, -0.2) is 58.6 Å². The predicted molar refractivity (Wildman–Crippen MR) is 59.6 cm³/mol. The summed E-state index contributed by atoms with van der Waals surface area (Å²) in [5, 5.41) is 9.64. The molecule has 15 heavy (non-hydrogen) atoms. The van der Waals surface area contributed by atoms with E-state index in [-0.39, 0.29) is 5.91 Å². The molecule has 1 atom stereocenters. The van der Waals surface area contributed by atoms with Gasteiger partial charge in [-0.05, 0) is 27.3 Å². The van der Waals surface area contributed by atoms with Crippen molar-refractivity contribution in [3.05, 3.63) is 0 Å². The van der Waals surface area contributed by atoms with Crippen molar-refractivity contribution >= 4 is 5.91 Å². The van der Waals surface area contributed by atoms with Gasteiger partial charge in [-0.2, -0.15) is 0 Å². The van der Waals surface area contributed by atoms with Gasteiger partial charge in [0.2, 0.25) is 0 Å². The maximum Gasteiger partial charge on any atom is 0.254 e. The Morgan fingerprint density at radius 3 is 2.47 bits per heavy atom. The van der Waals surface area contributed by atoms with Crippen molar-refractivity contribution in [3.63, 3.8) is 0 Å². The summed E-state index contributed by atoms with van der Waals surface area (Å²) in [7, 11) is 0. The van der Waals surface area contributed by atoms with Gasteiger partial charge in [0.15, 0.2) is 0 Å². The van der Waals surface area contributed by atoms with E-state index >= 15 is 0 Å². The van der Waals surface area contributed by atoms with Gasteiger partial charge in [0.05, 0.1) is 0 Å². The van der Waals surface area contributed by atoms with E-state index in [9.17, 15) is 9.90 Å². The van der Waals surface area contributed by atoms with E-state index in [0.717, 1.165) is 26.2 Å². The zero-order valence-corrected chi connectivity index (χ0v) is 10.2. The number of likely N-dealkylation sites (N-methyl/N-ethyl adjacent to an activating group) is 1. The van der Waals surface area contributed by atoms with Crippen molar-refractivity contribution in [2.24, 2.45) is 0 Å². The predicted octanol–water partition coefficient (Wildman–Crippen LogP) is 0.310. The average molecular weight is 214 g/mol. The largest absolute Gasteiger partial charge is 0.381 e. The topological polar surface area (TPSA) is 43.8 Å². The molecule has 1 unspecified atom stereocenters. The average Bonchev–Trinajstić information content (AvgIpc) is 2.15. The van der Waals surface area contributed by atoms with Crippen LogP contribution in [0, 0.1) is 0 Å². The fourth-order valence-electron chi connectivity index (χ4n) is 2.04. The minimum Gasteiger partial charge on any atom is -0.381 e. The van der Waals surface area contributed by atoms with Crippen LogP contribution in [0.25, 0.3) is 0 Å². The van der Waals surface area contributed by atoms with E-state index < -0.39 is 5.60 Å². The fourth-order valence-corrected chi connectivity index (χ4v) is 2.04. The van der Waals surface area contributed by atoms with Gasteiger partial charge in [-0.15, -0.1) is 0 Å². The Hall–Kier alpha value is -0.610. The van der Waals surface area contributed by atoms with Crippen LogP contribution in [-0.2, 0) is 4.79 Å². The van der Waals surface area contributed by atoms with Crippen LogP contribution in [0.2, 0.25) is 0 Å². The van der Waals surface area contributed by atoms with Gasteiger partial charge in [-0.1, -0.05) is 6.92 Å². The zero-order valence-electron chi connectivity index (χ0n) is 10.2. The third-order valence-corrected chi connectivity index (χ3v) is 2.98. The summed E-state index contributed by atoms with van der Waals surface area (Å²) < 4.78 is 0. The monoisotopic (exact) mass is 214 g/mol. The summed E-state index contributed by atoms with van der Waals surface area (Å²) in [5.41, 5.74) is -1.24. The molecule has 1 saturated heterocycles. The van der Waals surface area contributed by atoms with E-state index in [1.54, 1.807) is 18.7 Å². The van der Waals surface area contributed by atoms with Crippen LogP contribution in [0.15, 0.2) is 0 Å².